The third-order valence-corrected chi connectivity index (χ3v) is 11.3. The second-order valence-corrected chi connectivity index (χ2v) is 14.0. The maximum absolute atomic E-state index is 6.90. The molecule has 0 unspecified atom stereocenters. The summed E-state index contributed by atoms with van der Waals surface area (Å²) in [4.78, 5) is 2.39. The molecule has 0 radical (unpaired) electrons. The lowest BCUT2D eigenvalue weighted by molar-refractivity contribution is 0.436. The van der Waals surface area contributed by atoms with Crippen molar-refractivity contribution in [3.05, 3.63) is 222 Å². The maximum Gasteiger partial charge on any atom is 0.132 e. The smallest absolute Gasteiger partial charge is 0.132 e. The molecule has 0 atom stereocenters. The molecule has 0 saturated heterocycles. The number of fused-ring (bicyclic) bond motifs is 12. The van der Waals surface area contributed by atoms with E-state index in [0.29, 0.717) is 0 Å². The highest BCUT2D eigenvalue weighted by molar-refractivity contribution is 6.09. The molecule has 9 aromatic carbocycles. The molecule has 1 aliphatic heterocycles. The molecule has 2 heteroatoms. The zero-order valence-electron chi connectivity index (χ0n) is 28.9. The van der Waals surface area contributed by atoms with Crippen LogP contribution in [-0.4, -0.2) is 0 Å². The summed E-state index contributed by atoms with van der Waals surface area (Å²) in [5, 5.41) is 4.96. The van der Waals surface area contributed by atoms with Gasteiger partial charge in [0.05, 0.1) is 11.1 Å². The average Bonchev–Trinajstić information content (AvgIpc) is 3.52. The highest BCUT2D eigenvalue weighted by Crippen LogP contribution is 2.62. The van der Waals surface area contributed by atoms with E-state index in [9.17, 15) is 0 Å². The maximum atomic E-state index is 6.90. The molecule has 9 aromatic rings. The average molecular weight is 676 g/mol. The summed E-state index contributed by atoms with van der Waals surface area (Å²) < 4.78 is 6.90. The van der Waals surface area contributed by atoms with E-state index in [1.807, 2.05) is 0 Å². The second kappa shape index (κ2) is 11.6. The Kier molecular flexibility index (Phi) is 6.50. The number of nitrogens with zero attached hydrogens (tertiary/aromatic N) is 1. The minimum absolute atomic E-state index is 0.487. The van der Waals surface area contributed by atoms with Crippen LogP contribution < -0.4 is 9.64 Å². The van der Waals surface area contributed by atoms with E-state index in [2.05, 4.69) is 205 Å². The van der Waals surface area contributed by atoms with Crippen molar-refractivity contribution in [3.63, 3.8) is 0 Å². The fraction of sp³-hybridized carbons (Fsp3) is 0.0196. The van der Waals surface area contributed by atoms with Gasteiger partial charge in [-0.05, 0) is 91.8 Å². The van der Waals surface area contributed by atoms with Crippen LogP contribution in [0.15, 0.2) is 200 Å². The molecule has 1 aliphatic carbocycles. The molecule has 2 aliphatic rings. The van der Waals surface area contributed by atoms with Gasteiger partial charge in [-0.3, -0.25) is 0 Å². The highest BCUT2D eigenvalue weighted by Gasteiger charge is 2.50. The molecule has 53 heavy (non-hydrogen) atoms. The Bertz CT molecular complexity index is 2840. The van der Waals surface area contributed by atoms with Crippen LogP contribution in [0.4, 0.5) is 17.1 Å². The van der Waals surface area contributed by atoms with Crippen LogP contribution in [0.1, 0.15) is 22.3 Å². The van der Waals surface area contributed by atoms with Crippen LogP contribution in [0.2, 0.25) is 0 Å². The van der Waals surface area contributed by atoms with Gasteiger partial charge >= 0.3 is 0 Å². The quantitative estimate of drug-likeness (QED) is 0.172. The van der Waals surface area contributed by atoms with Crippen LogP contribution in [0.25, 0.3) is 43.8 Å². The molecular formula is C51H33NO. The van der Waals surface area contributed by atoms with Gasteiger partial charge in [0, 0.05) is 28.1 Å². The Balaban J connectivity index is 1.12. The number of rotatable bonds is 4. The SMILES string of the molecule is c1ccc(N(c2ccc3ccc4ccccc4c3c2)c2ccccc2-c2ccc3c(c2)Oc2ccccc2C32c3ccccc3-c3ccccc32)cc1. The Hall–Kier alpha value is -6.90. The van der Waals surface area contributed by atoms with Crippen molar-refractivity contribution in [1.29, 1.82) is 0 Å². The van der Waals surface area contributed by atoms with Gasteiger partial charge in [-0.1, -0.05) is 158 Å². The fourth-order valence-electron chi connectivity index (χ4n) is 9.07. The van der Waals surface area contributed by atoms with Gasteiger partial charge in [-0.15, -0.1) is 0 Å². The molecule has 248 valence electrons. The zero-order chi connectivity index (χ0) is 34.9. The monoisotopic (exact) mass is 675 g/mol. The molecule has 2 nitrogen and oxygen atoms in total. The van der Waals surface area contributed by atoms with E-state index in [1.165, 1.54) is 49.4 Å². The zero-order valence-corrected chi connectivity index (χ0v) is 28.9. The summed E-state index contributed by atoms with van der Waals surface area (Å²) >= 11 is 0. The van der Waals surface area contributed by atoms with Gasteiger partial charge in [0.25, 0.3) is 0 Å². The standard InChI is InChI=1S/C51H33NO/c1-2-15-37(16-3-1)52(38-30-28-35-27-26-34-14-4-5-17-39(34)43(35)33-38)48-24-12-8-18-40(48)36-29-31-47-50(32-36)53-49-25-13-11-23-46(49)51(47)44-21-9-6-19-41(44)42-20-7-10-22-45(42)51/h1-33H. The predicted molar refractivity (Wildman–Crippen MR) is 219 cm³/mol. The third-order valence-electron chi connectivity index (χ3n) is 11.3. The number of hydrogen-bond acceptors (Lipinski definition) is 2. The molecule has 0 N–H and O–H groups in total. The van der Waals surface area contributed by atoms with Crippen molar-refractivity contribution in [2.45, 2.75) is 5.41 Å². The second-order valence-electron chi connectivity index (χ2n) is 14.0. The number of ether oxygens (including phenoxy) is 1. The lowest BCUT2D eigenvalue weighted by atomic mass is 9.66. The first-order chi connectivity index (χ1) is 26.3. The Morgan fingerprint density at radius 3 is 1.74 bits per heavy atom. The lowest BCUT2D eigenvalue weighted by Crippen LogP contribution is -2.32. The van der Waals surface area contributed by atoms with E-state index in [1.54, 1.807) is 0 Å². The van der Waals surface area contributed by atoms with E-state index < -0.39 is 5.41 Å². The van der Waals surface area contributed by atoms with Gasteiger partial charge in [-0.25, -0.2) is 0 Å². The Morgan fingerprint density at radius 2 is 0.943 bits per heavy atom. The van der Waals surface area contributed by atoms with E-state index in [-0.39, 0.29) is 0 Å². The van der Waals surface area contributed by atoms with Crippen molar-refractivity contribution in [2.75, 3.05) is 4.90 Å². The Labute approximate surface area is 308 Å². The molecule has 0 aromatic heterocycles. The topological polar surface area (TPSA) is 12.5 Å². The third kappa shape index (κ3) is 4.33. The van der Waals surface area contributed by atoms with Crippen LogP contribution >= 0.6 is 0 Å². The minimum atomic E-state index is -0.487. The molecular weight excluding hydrogens is 643 g/mol. The molecule has 0 bridgehead atoms. The molecule has 1 spiro atoms. The van der Waals surface area contributed by atoms with E-state index >= 15 is 0 Å². The van der Waals surface area contributed by atoms with Crippen molar-refractivity contribution in [2.24, 2.45) is 0 Å². The number of benzene rings is 9. The van der Waals surface area contributed by atoms with Crippen molar-refractivity contribution in [1.82, 2.24) is 0 Å². The first kappa shape index (κ1) is 29.8. The lowest BCUT2D eigenvalue weighted by Gasteiger charge is -2.39. The first-order valence-electron chi connectivity index (χ1n) is 18.3. The van der Waals surface area contributed by atoms with Gasteiger partial charge in [-0.2, -0.15) is 0 Å². The summed E-state index contributed by atoms with van der Waals surface area (Å²) in [6.45, 7) is 0. The van der Waals surface area contributed by atoms with Crippen LogP contribution in [0.5, 0.6) is 11.5 Å². The highest BCUT2D eigenvalue weighted by atomic mass is 16.5. The summed E-state index contributed by atoms with van der Waals surface area (Å²) in [5.74, 6) is 1.78. The molecule has 1 heterocycles. The van der Waals surface area contributed by atoms with Crippen molar-refractivity contribution in [3.8, 4) is 33.8 Å². The van der Waals surface area contributed by atoms with Crippen LogP contribution in [0, 0.1) is 0 Å². The molecule has 0 fully saturated rings. The molecule has 11 rings (SSSR count). The first-order valence-corrected chi connectivity index (χ1v) is 18.3. The van der Waals surface area contributed by atoms with Crippen LogP contribution in [-0.2, 0) is 5.41 Å². The molecule has 0 amide bonds. The van der Waals surface area contributed by atoms with Gasteiger partial charge < -0.3 is 9.64 Å². The minimum Gasteiger partial charge on any atom is -0.457 e. The van der Waals surface area contributed by atoms with Crippen molar-refractivity contribution >= 4 is 38.6 Å². The predicted octanol–water partition coefficient (Wildman–Crippen LogP) is 13.6. The number of anilines is 3. The van der Waals surface area contributed by atoms with Crippen molar-refractivity contribution < 1.29 is 4.74 Å². The van der Waals surface area contributed by atoms with E-state index in [4.69, 9.17) is 4.74 Å². The Morgan fingerprint density at radius 1 is 0.358 bits per heavy atom. The summed E-state index contributed by atoms with van der Waals surface area (Å²) in [6, 6.07) is 72.5. The fourth-order valence-corrected chi connectivity index (χ4v) is 9.07. The number of hydrogen-bond donors (Lipinski definition) is 0. The van der Waals surface area contributed by atoms with Gasteiger partial charge in [0.2, 0.25) is 0 Å². The summed E-state index contributed by atoms with van der Waals surface area (Å²) in [5.41, 5.74) is 12.5. The largest absolute Gasteiger partial charge is 0.457 e. The summed E-state index contributed by atoms with van der Waals surface area (Å²) in [7, 11) is 0. The van der Waals surface area contributed by atoms with Gasteiger partial charge in [0.15, 0.2) is 0 Å². The normalized spacial score (nSPS) is 13.2. The van der Waals surface area contributed by atoms with Crippen LogP contribution in [0.3, 0.4) is 0 Å². The number of para-hydroxylation sites is 3. The van der Waals surface area contributed by atoms with E-state index in [0.717, 1.165) is 45.3 Å². The summed E-state index contributed by atoms with van der Waals surface area (Å²) in [6.07, 6.45) is 0. The molecule has 0 saturated carbocycles. The van der Waals surface area contributed by atoms with Gasteiger partial charge in [0.1, 0.15) is 11.5 Å².